The van der Waals surface area contributed by atoms with E-state index in [1.807, 2.05) is 6.92 Å². The fourth-order valence-corrected chi connectivity index (χ4v) is 5.83. The average molecular weight is 475 g/mol. The van der Waals surface area contributed by atoms with Gasteiger partial charge in [-0.15, -0.1) is 11.3 Å². The Morgan fingerprint density at radius 2 is 1.62 bits per heavy atom. The minimum absolute atomic E-state index is 0.152. The van der Waals surface area contributed by atoms with E-state index in [9.17, 15) is 22.4 Å². The van der Waals surface area contributed by atoms with E-state index in [1.165, 1.54) is 35.6 Å². The molecule has 2 amide bonds. The Bertz CT molecular complexity index is 1160. The normalized spacial score (nSPS) is 12.2. The molecule has 32 heavy (non-hydrogen) atoms. The molecule has 0 bridgehead atoms. The number of sulfone groups is 1. The molecule has 0 aliphatic heterocycles. The Morgan fingerprint density at radius 3 is 2.25 bits per heavy atom. The first-order chi connectivity index (χ1) is 15.3. The van der Waals surface area contributed by atoms with Gasteiger partial charge in [-0.1, -0.05) is 35.9 Å². The molecule has 3 aromatic rings. The maximum atomic E-state index is 13.2. The van der Waals surface area contributed by atoms with Gasteiger partial charge in [0.15, 0.2) is 9.84 Å². The molecule has 1 atom stereocenters. The third-order valence-electron chi connectivity index (χ3n) is 4.85. The van der Waals surface area contributed by atoms with E-state index >= 15 is 0 Å². The molecular formula is C23H23FN2O4S2. The Kier molecular flexibility index (Phi) is 7.76. The van der Waals surface area contributed by atoms with E-state index in [1.54, 1.807) is 41.8 Å². The zero-order chi connectivity index (χ0) is 23.1. The number of rotatable bonds is 8. The first-order valence-electron chi connectivity index (χ1n) is 9.92. The van der Waals surface area contributed by atoms with Gasteiger partial charge in [0.25, 0.3) is 0 Å². The first-order valence-corrected chi connectivity index (χ1v) is 12.3. The van der Waals surface area contributed by atoms with Gasteiger partial charge in [-0.05, 0) is 54.6 Å². The summed E-state index contributed by atoms with van der Waals surface area (Å²) in [7, 11) is -3.79. The number of aryl methyl sites for hydroxylation is 1. The second-order valence-electron chi connectivity index (χ2n) is 7.20. The molecule has 1 heterocycles. The molecule has 6 nitrogen and oxygen atoms in total. The maximum Gasteiger partial charge on any atom is 0.309 e. The third kappa shape index (κ3) is 6.02. The van der Waals surface area contributed by atoms with Crippen molar-refractivity contribution >= 4 is 33.0 Å². The van der Waals surface area contributed by atoms with Crippen LogP contribution in [0.15, 0.2) is 70.9 Å². The molecule has 1 aromatic heterocycles. The summed E-state index contributed by atoms with van der Waals surface area (Å²) in [6.45, 7) is 1.82. The quantitative estimate of drug-likeness (QED) is 0.491. The highest BCUT2D eigenvalue weighted by Crippen LogP contribution is 2.31. The predicted octanol–water partition coefficient (Wildman–Crippen LogP) is 3.19. The van der Waals surface area contributed by atoms with Crippen LogP contribution in [0, 0.1) is 12.7 Å². The second kappa shape index (κ2) is 10.5. The summed E-state index contributed by atoms with van der Waals surface area (Å²) in [5.41, 5.74) is 1.75. The minimum Gasteiger partial charge on any atom is -0.348 e. The molecule has 9 heteroatoms. The van der Waals surface area contributed by atoms with Gasteiger partial charge in [0.2, 0.25) is 0 Å². The summed E-state index contributed by atoms with van der Waals surface area (Å²) in [4.78, 5) is 25.1. The van der Waals surface area contributed by atoms with Crippen LogP contribution in [-0.2, 0) is 25.8 Å². The molecule has 0 spiro atoms. The maximum absolute atomic E-state index is 13.2. The monoisotopic (exact) mass is 474 g/mol. The van der Waals surface area contributed by atoms with Crippen molar-refractivity contribution in [2.45, 2.75) is 23.5 Å². The average Bonchev–Trinajstić information content (AvgIpc) is 3.29. The molecule has 0 unspecified atom stereocenters. The Hall–Kier alpha value is -3.04. The van der Waals surface area contributed by atoms with Gasteiger partial charge in [0.1, 0.15) is 11.1 Å². The number of hydrogen-bond donors (Lipinski definition) is 2. The van der Waals surface area contributed by atoms with Crippen LogP contribution in [0.3, 0.4) is 0 Å². The number of carbonyl (C=O) groups excluding carboxylic acids is 2. The molecular weight excluding hydrogens is 451 g/mol. The number of amides is 2. The summed E-state index contributed by atoms with van der Waals surface area (Å²) in [5.74, 6) is -2.12. The Morgan fingerprint density at radius 1 is 0.969 bits per heavy atom. The molecule has 0 fully saturated rings. The van der Waals surface area contributed by atoms with Crippen molar-refractivity contribution in [2.75, 3.05) is 13.1 Å². The van der Waals surface area contributed by atoms with Crippen molar-refractivity contribution in [1.82, 2.24) is 10.6 Å². The summed E-state index contributed by atoms with van der Waals surface area (Å²) >= 11 is 1.27. The fourth-order valence-electron chi connectivity index (χ4n) is 3.05. The van der Waals surface area contributed by atoms with Crippen LogP contribution < -0.4 is 10.6 Å². The lowest BCUT2D eigenvalue weighted by Gasteiger charge is -2.17. The van der Waals surface area contributed by atoms with Gasteiger partial charge >= 0.3 is 11.8 Å². The predicted molar refractivity (Wildman–Crippen MR) is 122 cm³/mol. The van der Waals surface area contributed by atoms with E-state index in [4.69, 9.17) is 0 Å². The molecule has 168 valence electrons. The summed E-state index contributed by atoms with van der Waals surface area (Å²) in [6, 6.07) is 15.8. The van der Waals surface area contributed by atoms with Crippen molar-refractivity contribution in [3.8, 4) is 0 Å². The standard InChI is InChI=1S/C23H23FN2O4S2/c1-16-4-10-19(11-5-16)32(29,30)21(20-3-2-14-31-20)15-26-23(28)22(27)25-13-12-17-6-8-18(24)9-7-17/h2-11,14,21H,12-13,15H2,1H3,(H,25,27)(H,26,28)/t21-/m1/s1. The van der Waals surface area contributed by atoms with Crippen molar-refractivity contribution in [2.24, 2.45) is 0 Å². The lowest BCUT2D eigenvalue weighted by molar-refractivity contribution is -0.139. The van der Waals surface area contributed by atoms with Crippen molar-refractivity contribution < 1.29 is 22.4 Å². The third-order valence-corrected chi connectivity index (χ3v) is 8.09. The summed E-state index contributed by atoms with van der Waals surface area (Å²) in [6.07, 6.45) is 0.429. The number of benzene rings is 2. The minimum atomic E-state index is -3.79. The van der Waals surface area contributed by atoms with Crippen LogP contribution >= 0.6 is 11.3 Å². The zero-order valence-corrected chi connectivity index (χ0v) is 19.0. The van der Waals surface area contributed by atoms with Gasteiger partial charge in [0.05, 0.1) is 4.90 Å². The summed E-state index contributed by atoms with van der Waals surface area (Å²) < 4.78 is 39.4. The highest BCUT2D eigenvalue weighted by molar-refractivity contribution is 7.91. The Labute approximate surface area is 190 Å². The highest BCUT2D eigenvalue weighted by atomic mass is 32.2. The van der Waals surface area contributed by atoms with E-state index in [2.05, 4.69) is 10.6 Å². The van der Waals surface area contributed by atoms with Crippen molar-refractivity contribution in [3.05, 3.63) is 87.9 Å². The molecule has 3 rings (SSSR count). The van der Waals surface area contributed by atoms with E-state index in [-0.39, 0.29) is 23.8 Å². The second-order valence-corrected chi connectivity index (χ2v) is 10.3. The van der Waals surface area contributed by atoms with Gasteiger partial charge < -0.3 is 10.6 Å². The lowest BCUT2D eigenvalue weighted by atomic mass is 10.1. The molecule has 2 N–H and O–H groups in total. The smallest absolute Gasteiger partial charge is 0.309 e. The number of nitrogens with one attached hydrogen (secondary N) is 2. The van der Waals surface area contributed by atoms with Gasteiger partial charge in [-0.2, -0.15) is 0 Å². The molecule has 2 aromatic carbocycles. The molecule has 0 saturated carbocycles. The summed E-state index contributed by atoms with van der Waals surface area (Å²) in [5, 5.41) is 5.68. The SMILES string of the molecule is Cc1ccc(S(=O)(=O)[C@H](CNC(=O)C(=O)NCCc2ccc(F)cc2)c2cccs2)cc1. The van der Waals surface area contributed by atoms with Crippen LogP contribution in [0.1, 0.15) is 21.3 Å². The van der Waals surface area contributed by atoms with Crippen LogP contribution in [-0.4, -0.2) is 33.3 Å². The van der Waals surface area contributed by atoms with E-state index in [0.717, 1.165) is 11.1 Å². The molecule has 0 saturated heterocycles. The molecule has 0 radical (unpaired) electrons. The van der Waals surface area contributed by atoms with E-state index in [0.29, 0.717) is 11.3 Å². The van der Waals surface area contributed by atoms with Crippen LogP contribution in [0.2, 0.25) is 0 Å². The topological polar surface area (TPSA) is 92.3 Å². The van der Waals surface area contributed by atoms with Gasteiger partial charge in [0, 0.05) is 18.0 Å². The van der Waals surface area contributed by atoms with Crippen molar-refractivity contribution in [1.29, 1.82) is 0 Å². The zero-order valence-electron chi connectivity index (χ0n) is 17.4. The number of hydrogen-bond acceptors (Lipinski definition) is 5. The van der Waals surface area contributed by atoms with Gasteiger partial charge in [-0.25, -0.2) is 12.8 Å². The fraction of sp³-hybridized carbons (Fsp3) is 0.217. The highest BCUT2D eigenvalue weighted by Gasteiger charge is 2.31. The van der Waals surface area contributed by atoms with Crippen LogP contribution in [0.5, 0.6) is 0 Å². The number of halogens is 1. The number of thiophene rings is 1. The van der Waals surface area contributed by atoms with Crippen molar-refractivity contribution in [3.63, 3.8) is 0 Å². The first kappa shape index (κ1) is 23.6. The molecule has 0 aliphatic carbocycles. The lowest BCUT2D eigenvalue weighted by Crippen LogP contribution is -2.42. The largest absolute Gasteiger partial charge is 0.348 e. The van der Waals surface area contributed by atoms with E-state index < -0.39 is 26.9 Å². The van der Waals surface area contributed by atoms with Gasteiger partial charge in [-0.3, -0.25) is 9.59 Å². The van der Waals surface area contributed by atoms with Crippen LogP contribution in [0.25, 0.3) is 0 Å². The molecule has 0 aliphatic rings. The number of carbonyl (C=O) groups is 2. The Balaban J connectivity index is 1.61. The van der Waals surface area contributed by atoms with Crippen LogP contribution in [0.4, 0.5) is 4.39 Å².